The summed E-state index contributed by atoms with van der Waals surface area (Å²) in [6, 6.07) is 16.3. The Balaban J connectivity index is 1.33. The lowest BCUT2D eigenvalue weighted by atomic mass is 10.1. The number of carbonyl (C=O) groups excluding carboxylic acids is 2. The molecule has 0 aliphatic carbocycles. The average molecular weight is 422 g/mol. The Morgan fingerprint density at radius 1 is 0.968 bits per heavy atom. The molecule has 0 bridgehead atoms. The van der Waals surface area contributed by atoms with Gasteiger partial charge in [0.25, 0.3) is 0 Å². The van der Waals surface area contributed by atoms with Gasteiger partial charge >= 0.3 is 0 Å². The van der Waals surface area contributed by atoms with E-state index in [1.165, 1.54) is 11.3 Å². The third-order valence-corrected chi connectivity index (χ3v) is 6.09. The lowest BCUT2D eigenvalue weighted by Gasteiger charge is -2.41. The van der Waals surface area contributed by atoms with Crippen LogP contribution in [0.25, 0.3) is 0 Å². The molecule has 6 heteroatoms. The predicted molar refractivity (Wildman–Crippen MR) is 123 cm³/mol. The van der Waals surface area contributed by atoms with Crippen LogP contribution in [0.2, 0.25) is 0 Å². The second-order valence-corrected chi connectivity index (χ2v) is 8.62. The predicted octanol–water partition coefficient (Wildman–Crippen LogP) is 3.63. The number of carbonyl (C=O) groups is 2. The van der Waals surface area contributed by atoms with Crippen LogP contribution in [0.3, 0.4) is 0 Å². The molecule has 2 atom stereocenters. The number of anilines is 2. The van der Waals surface area contributed by atoms with E-state index in [9.17, 15) is 9.59 Å². The Morgan fingerprint density at radius 2 is 1.74 bits per heavy atom. The molecule has 0 spiro atoms. The number of ether oxygens (including phenoxy) is 1. The van der Waals surface area contributed by atoms with Gasteiger partial charge in [-0.1, -0.05) is 24.3 Å². The molecule has 2 aliphatic heterocycles. The first kappa shape index (κ1) is 21.2. The van der Waals surface area contributed by atoms with Crippen LogP contribution in [0.5, 0.6) is 5.75 Å². The minimum atomic E-state index is -0.0647. The zero-order valence-corrected chi connectivity index (χ0v) is 18.6. The summed E-state index contributed by atoms with van der Waals surface area (Å²) in [5.74, 6) is 0.753. The topological polar surface area (TPSA) is 53.1 Å². The highest BCUT2D eigenvalue weighted by atomic mass is 16.5. The van der Waals surface area contributed by atoms with Crippen molar-refractivity contribution in [1.82, 2.24) is 4.90 Å². The zero-order chi connectivity index (χ0) is 22.0. The molecule has 31 heavy (non-hydrogen) atoms. The maximum atomic E-state index is 12.9. The summed E-state index contributed by atoms with van der Waals surface area (Å²) in [5, 5.41) is 0. The molecule has 164 valence electrons. The first-order valence-corrected chi connectivity index (χ1v) is 11.1. The number of fused-ring (bicyclic) bond motifs is 1. The van der Waals surface area contributed by atoms with E-state index in [0.29, 0.717) is 19.6 Å². The fraction of sp³-hybridized carbons (Fsp3) is 0.440. The van der Waals surface area contributed by atoms with Crippen LogP contribution in [-0.2, 0) is 9.59 Å². The summed E-state index contributed by atoms with van der Waals surface area (Å²) in [6.45, 7) is 8.88. The Kier molecular flexibility index (Phi) is 6.16. The van der Waals surface area contributed by atoms with Crippen molar-refractivity contribution in [2.75, 3.05) is 36.0 Å². The number of benzene rings is 2. The monoisotopic (exact) mass is 421 g/mol. The van der Waals surface area contributed by atoms with E-state index in [0.717, 1.165) is 18.0 Å². The molecular weight excluding hydrogens is 390 g/mol. The first-order chi connectivity index (χ1) is 14.9. The number of hydrogen-bond acceptors (Lipinski definition) is 4. The molecule has 2 aromatic carbocycles. The van der Waals surface area contributed by atoms with Crippen LogP contribution in [0.4, 0.5) is 11.4 Å². The number of amides is 2. The average Bonchev–Trinajstić information content (AvgIpc) is 2.76. The van der Waals surface area contributed by atoms with E-state index in [-0.39, 0.29) is 36.8 Å². The van der Waals surface area contributed by atoms with Crippen molar-refractivity contribution in [3.05, 3.63) is 54.1 Å². The molecule has 1 saturated heterocycles. The van der Waals surface area contributed by atoms with E-state index in [4.69, 9.17) is 4.74 Å². The van der Waals surface area contributed by atoms with E-state index < -0.39 is 0 Å². The summed E-state index contributed by atoms with van der Waals surface area (Å²) in [4.78, 5) is 31.8. The van der Waals surface area contributed by atoms with Crippen LogP contribution in [-0.4, -0.2) is 55.0 Å². The van der Waals surface area contributed by atoms with Gasteiger partial charge in [0, 0.05) is 44.2 Å². The summed E-state index contributed by atoms with van der Waals surface area (Å²) in [5.41, 5.74) is 3.23. The van der Waals surface area contributed by atoms with E-state index >= 15 is 0 Å². The standard InChI is InChI=1S/C25H31N3O3/c1-18-7-6-8-21(15-18)27-14-13-26(16-19(27)2)24(29)11-12-25(30)28-17-20(3)31-23-10-5-4-9-22(23)28/h4-10,15,19-20H,11-14,16-17H2,1-3H3/t19-,20+/m0/s1. The largest absolute Gasteiger partial charge is 0.487 e. The number of aryl methyl sites for hydroxylation is 1. The van der Waals surface area contributed by atoms with Crippen molar-refractivity contribution in [2.24, 2.45) is 0 Å². The molecule has 1 fully saturated rings. The third kappa shape index (κ3) is 4.68. The molecular formula is C25H31N3O3. The Morgan fingerprint density at radius 3 is 2.52 bits per heavy atom. The van der Waals surface area contributed by atoms with Gasteiger partial charge in [0.1, 0.15) is 11.9 Å². The molecule has 0 saturated carbocycles. The van der Waals surface area contributed by atoms with Crippen molar-refractivity contribution < 1.29 is 14.3 Å². The van der Waals surface area contributed by atoms with Crippen molar-refractivity contribution in [3.63, 3.8) is 0 Å². The SMILES string of the molecule is Cc1cccc(N2CCN(C(=O)CCC(=O)N3C[C@@H](C)Oc4ccccc43)C[C@@H]2C)c1. The van der Waals surface area contributed by atoms with E-state index in [1.54, 1.807) is 4.90 Å². The van der Waals surface area contributed by atoms with Gasteiger partial charge in [-0.05, 0) is 50.6 Å². The Labute approximate surface area is 184 Å². The maximum Gasteiger partial charge on any atom is 0.227 e. The van der Waals surface area contributed by atoms with Crippen LogP contribution >= 0.6 is 0 Å². The fourth-order valence-electron chi connectivity index (χ4n) is 4.51. The zero-order valence-electron chi connectivity index (χ0n) is 18.6. The van der Waals surface area contributed by atoms with E-state index in [2.05, 4.69) is 43.0 Å². The molecule has 0 radical (unpaired) electrons. The number of hydrogen-bond donors (Lipinski definition) is 0. The summed E-state index contributed by atoms with van der Waals surface area (Å²) < 4.78 is 5.82. The second-order valence-electron chi connectivity index (χ2n) is 8.62. The lowest BCUT2D eigenvalue weighted by Crippen LogP contribution is -2.54. The van der Waals surface area contributed by atoms with Crippen molar-refractivity contribution in [2.45, 2.75) is 45.8 Å². The van der Waals surface area contributed by atoms with Gasteiger partial charge in [-0.15, -0.1) is 0 Å². The number of piperazine rings is 1. The highest BCUT2D eigenvalue weighted by Crippen LogP contribution is 2.33. The van der Waals surface area contributed by atoms with Crippen molar-refractivity contribution in [3.8, 4) is 5.75 Å². The minimum Gasteiger partial charge on any atom is -0.487 e. The van der Waals surface area contributed by atoms with Gasteiger partial charge in [-0.3, -0.25) is 9.59 Å². The van der Waals surface area contributed by atoms with Crippen molar-refractivity contribution >= 4 is 23.2 Å². The highest BCUT2D eigenvalue weighted by Gasteiger charge is 2.30. The van der Waals surface area contributed by atoms with Crippen molar-refractivity contribution in [1.29, 1.82) is 0 Å². The molecule has 2 aromatic rings. The van der Waals surface area contributed by atoms with Gasteiger partial charge in [0.05, 0.1) is 12.2 Å². The van der Waals surface area contributed by atoms with E-state index in [1.807, 2.05) is 36.1 Å². The molecule has 0 N–H and O–H groups in total. The summed E-state index contributed by atoms with van der Waals surface area (Å²) in [7, 11) is 0. The number of nitrogens with zero attached hydrogens (tertiary/aromatic N) is 3. The summed E-state index contributed by atoms with van der Waals surface area (Å²) >= 11 is 0. The normalized spacial score (nSPS) is 20.8. The lowest BCUT2D eigenvalue weighted by molar-refractivity contribution is -0.133. The second kappa shape index (κ2) is 9.00. The number of rotatable bonds is 4. The summed E-state index contributed by atoms with van der Waals surface area (Å²) in [6.07, 6.45) is 0.390. The van der Waals surface area contributed by atoms with Gasteiger partial charge in [-0.2, -0.15) is 0 Å². The van der Waals surface area contributed by atoms with Crippen LogP contribution in [0.1, 0.15) is 32.3 Å². The molecule has 0 aromatic heterocycles. The van der Waals surface area contributed by atoms with Crippen LogP contribution < -0.4 is 14.5 Å². The van der Waals surface area contributed by atoms with Gasteiger partial charge in [-0.25, -0.2) is 0 Å². The molecule has 2 heterocycles. The molecule has 2 aliphatic rings. The fourth-order valence-corrected chi connectivity index (χ4v) is 4.51. The quantitative estimate of drug-likeness (QED) is 0.757. The van der Waals surface area contributed by atoms with Crippen LogP contribution in [0, 0.1) is 6.92 Å². The third-order valence-electron chi connectivity index (χ3n) is 6.09. The Bertz CT molecular complexity index is 961. The van der Waals surface area contributed by atoms with Gasteiger partial charge in [0.15, 0.2) is 0 Å². The number of para-hydroxylation sites is 2. The molecule has 2 amide bonds. The molecule has 6 nitrogen and oxygen atoms in total. The minimum absolute atomic E-state index is 0.0256. The Hall–Kier alpha value is -3.02. The van der Waals surface area contributed by atoms with Gasteiger partial charge in [0.2, 0.25) is 11.8 Å². The molecule has 4 rings (SSSR count). The first-order valence-electron chi connectivity index (χ1n) is 11.1. The highest BCUT2D eigenvalue weighted by molar-refractivity contribution is 5.97. The van der Waals surface area contributed by atoms with Crippen LogP contribution in [0.15, 0.2) is 48.5 Å². The smallest absolute Gasteiger partial charge is 0.227 e. The molecule has 0 unspecified atom stereocenters. The van der Waals surface area contributed by atoms with Gasteiger partial charge < -0.3 is 19.4 Å². The maximum absolute atomic E-state index is 12.9.